The van der Waals surface area contributed by atoms with Gasteiger partial charge in [-0.15, -0.1) is 0 Å². The van der Waals surface area contributed by atoms with Gasteiger partial charge in [-0.25, -0.2) is 4.79 Å². The van der Waals surface area contributed by atoms with Crippen LogP contribution < -0.4 is 10.6 Å². The van der Waals surface area contributed by atoms with E-state index in [9.17, 15) is 4.79 Å². The standard InChI is InChI=1S/C18H19N5O2/c1-25-17(24)11-5-7-13(8-6-11)21-18-22-15-14(9-10-19-15)16(23-18)20-12-3-2-4-12/h5-10,12H,2-4H2,1H3,(H3,19,20,21,22,23). The predicted octanol–water partition coefficient (Wildman–Crippen LogP) is 3.45. The van der Waals surface area contributed by atoms with E-state index in [1.165, 1.54) is 26.4 Å². The van der Waals surface area contributed by atoms with Gasteiger partial charge in [-0.2, -0.15) is 9.97 Å². The molecule has 7 heteroatoms. The number of rotatable bonds is 5. The number of hydrogen-bond donors (Lipinski definition) is 3. The first-order valence-electron chi connectivity index (χ1n) is 8.30. The van der Waals surface area contributed by atoms with Crippen LogP contribution in [0.2, 0.25) is 0 Å². The topological polar surface area (TPSA) is 91.9 Å². The smallest absolute Gasteiger partial charge is 0.337 e. The highest BCUT2D eigenvalue weighted by molar-refractivity contribution is 5.90. The number of carbonyl (C=O) groups excluding carboxylic acids is 1. The van der Waals surface area contributed by atoms with Crippen LogP contribution >= 0.6 is 0 Å². The summed E-state index contributed by atoms with van der Waals surface area (Å²) >= 11 is 0. The van der Waals surface area contributed by atoms with E-state index in [-0.39, 0.29) is 5.97 Å². The third-order valence-corrected chi connectivity index (χ3v) is 4.42. The summed E-state index contributed by atoms with van der Waals surface area (Å²) in [6, 6.07) is 9.47. The Balaban J connectivity index is 1.59. The molecule has 0 saturated heterocycles. The summed E-state index contributed by atoms with van der Waals surface area (Å²) in [6.07, 6.45) is 5.47. The number of esters is 1. The van der Waals surface area contributed by atoms with E-state index in [4.69, 9.17) is 4.74 Å². The number of nitrogens with zero attached hydrogens (tertiary/aromatic N) is 2. The zero-order valence-corrected chi connectivity index (χ0v) is 13.9. The second kappa shape index (κ2) is 6.43. The molecule has 3 aromatic rings. The SMILES string of the molecule is COC(=O)c1ccc(Nc2nc(NC3CCC3)c3cc[nH]c3n2)cc1. The van der Waals surface area contributed by atoms with Crippen LogP contribution in [-0.2, 0) is 4.74 Å². The highest BCUT2D eigenvalue weighted by Gasteiger charge is 2.19. The van der Waals surface area contributed by atoms with Crippen molar-refractivity contribution in [2.24, 2.45) is 0 Å². The Bertz CT molecular complexity index is 899. The molecule has 25 heavy (non-hydrogen) atoms. The number of fused-ring (bicyclic) bond motifs is 1. The van der Waals surface area contributed by atoms with Crippen LogP contribution in [0.15, 0.2) is 36.5 Å². The zero-order chi connectivity index (χ0) is 17.2. The van der Waals surface area contributed by atoms with Crippen LogP contribution in [0.25, 0.3) is 11.0 Å². The number of H-pyrrole nitrogens is 1. The molecular weight excluding hydrogens is 318 g/mol. The first-order valence-corrected chi connectivity index (χ1v) is 8.30. The van der Waals surface area contributed by atoms with Crippen LogP contribution in [-0.4, -0.2) is 34.1 Å². The summed E-state index contributed by atoms with van der Waals surface area (Å²) in [6.45, 7) is 0. The fourth-order valence-electron chi connectivity index (χ4n) is 2.79. The van der Waals surface area contributed by atoms with Crippen molar-refractivity contribution in [3.05, 3.63) is 42.1 Å². The van der Waals surface area contributed by atoms with Crippen molar-refractivity contribution in [1.29, 1.82) is 0 Å². The molecule has 0 radical (unpaired) electrons. The number of methoxy groups -OCH3 is 1. The molecule has 128 valence electrons. The number of aromatic nitrogens is 3. The lowest BCUT2D eigenvalue weighted by Crippen LogP contribution is -2.27. The normalized spacial score (nSPS) is 14.1. The lowest BCUT2D eigenvalue weighted by molar-refractivity contribution is 0.0601. The van der Waals surface area contributed by atoms with Gasteiger partial charge in [-0.3, -0.25) is 0 Å². The molecule has 3 N–H and O–H groups in total. The summed E-state index contributed by atoms with van der Waals surface area (Å²) in [4.78, 5) is 23.8. The molecule has 7 nitrogen and oxygen atoms in total. The molecule has 0 amide bonds. The van der Waals surface area contributed by atoms with E-state index < -0.39 is 0 Å². The number of anilines is 3. The first kappa shape index (κ1) is 15.4. The fourth-order valence-corrected chi connectivity index (χ4v) is 2.79. The zero-order valence-electron chi connectivity index (χ0n) is 13.9. The summed E-state index contributed by atoms with van der Waals surface area (Å²) in [7, 11) is 1.37. The van der Waals surface area contributed by atoms with Crippen LogP contribution in [0.1, 0.15) is 29.6 Å². The number of hydrogen-bond acceptors (Lipinski definition) is 6. The number of nitrogens with one attached hydrogen (secondary N) is 3. The Morgan fingerprint density at radius 1 is 1.20 bits per heavy atom. The van der Waals surface area contributed by atoms with Gasteiger partial charge in [0.15, 0.2) is 0 Å². The fraction of sp³-hybridized carbons (Fsp3) is 0.278. The quantitative estimate of drug-likeness (QED) is 0.618. The monoisotopic (exact) mass is 337 g/mol. The average Bonchev–Trinajstić information content (AvgIpc) is 3.06. The van der Waals surface area contributed by atoms with Gasteiger partial charge in [0.2, 0.25) is 5.95 Å². The maximum absolute atomic E-state index is 11.5. The van der Waals surface area contributed by atoms with Crippen LogP contribution in [0.3, 0.4) is 0 Å². The second-order valence-corrected chi connectivity index (χ2v) is 6.10. The Morgan fingerprint density at radius 2 is 2.00 bits per heavy atom. The van der Waals surface area contributed by atoms with Crippen molar-refractivity contribution < 1.29 is 9.53 Å². The van der Waals surface area contributed by atoms with E-state index in [0.717, 1.165) is 22.5 Å². The lowest BCUT2D eigenvalue weighted by atomic mass is 9.93. The number of benzene rings is 1. The second-order valence-electron chi connectivity index (χ2n) is 6.10. The molecule has 0 bridgehead atoms. The molecule has 2 heterocycles. The van der Waals surface area contributed by atoms with E-state index in [1.807, 2.05) is 12.3 Å². The van der Waals surface area contributed by atoms with Gasteiger partial charge in [0, 0.05) is 17.9 Å². The molecule has 0 spiro atoms. The third-order valence-electron chi connectivity index (χ3n) is 4.42. The average molecular weight is 337 g/mol. The van der Waals surface area contributed by atoms with Gasteiger partial charge < -0.3 is 20.4 Å². The molecular formula is C18H19N5O2. The predicted molar refractivity (Wildman–Crippen MR) is 96.2 cm³/mol. The van der Waals surface area contributed by atoms with Crippen molar-refractivity contribution in [2.45, 2.75) is 25.3 Å². The van der Waals surface area contributed by atoms with Crippen LogP contribution in [0, 0.1) is 0 Å². The van der Waals surface area contributed by atoms with E-state index in [0.29, 0.717) is 17.6 Å². The van der Waals surface area contributed by atoms with Gasteiger partial charge >= 0.3 is 5.97 Å². The largest absolute Gasteiger partial charge is 0.465 e. The molecule has 4 rings (SSSR count). The van der Waals surface area contributed by atoms with Crippen LogP contribution in [0.4, 0.5) is 17.5 Å². The first-order chi connectivity index (χ1) is 12.2. The molecule has 2 aromatic heterocycles. The lowest BCUT2D eigenvalue weighted by Gasteiger charge is -2.27. The Morgan fingerprint density at radius 3 is 2.68 bits per heavy atom. The molecule has 1 saturated carbocycles. The molecule has 1 aliphatic rings. The maximum atomic E-state index is 11.5. The van der Waals surface area contributed by atoms with Gasteiger partial charge in [0.25, 0.3) is 0 Å². The molecule has 1 fully saturated rings. The molecule has 0 unspecified atom stereocenters. The third kappa shape index (κ3) is 3.13. The van der Waals surface area contributed by atoms with Gasteiger partial charge in [0.05, 0.1) is 18.1 Å². The highest BCUT2D eigenvalue weighted by Crippen LogP contribution is 2.28. The number of ether oxygens (including phenoxy) is 1. The molecule has 0 aliphatic heterocycles. The van der Waals surface area contributed by atoms with Crippen molar-refractivity contribution >= 4 is 34.5 Å². The van der Waals surface area contributed by atoms with Gasteiger partial charge in [-0.05, 0) is 49.6 Å². The Kier molecular flexibility index (Phi) is 3.97. The van der Waals surface area contributed by atoms with E-state index in [2.05, 4.69) is 25.6 Å². The van der Waals surface area contributed by atoms with Crippen molar-refractivity contribution in [3.8, 4) is 0 Å². The summed E-state index contributed by atoms with van der Waals surface area (Å²) in [5, 5.41) is 7.66. The highest BCUT2D eigenvalue weighted by atomic mass is 16.5. The minimum atomic E-state index is -0.359. The Labute approximate surface area is 144 Å². The number of carbonyl (C=O) groups is 1. The number of aromatic amines is 1. The molecule has 1 aromatic carbocycles. The Hall–Kier alpha value is -3.09. The van der Waals surface area contributed by atoms with Crippen molar-refractivity contribution in [1.82, 2.24) is 15.0 Å². The summed E-state index contributed by atoms with van der Waals surface area (Å²) in [5.41, 5.74) is 2.08. The molecule has 1 aliphatic carbocycles. The van der Waals surface area contributed by atoms with E-state index >= 15 is 0 Å². The van der Waals surface area contributed by atoms with Crippen molar-refractivity contribution in [2.75, 3.05) is 17.7 Å². The van der Waals surface area contributed by atoms with Crippen LogP contribution in [0.5, 0.6) is 0 Å². The molecule has 0 atom stereocenters. The van der Waals surface area contributed by atoms with Crippen molar-refractivity contribution in [3.63, 3.8) is 0 Å². The van der Waals surface area contributed by atoms with E-state index in [1.54, 1.807) is 24.3 Å². The minimum Gasteiger partial charge on any atom is -0.465 e. The maximum Gasteiger partial charge on any atom is 0.337 e. The minimum absolute atomic E-state index is 0.359. The summed E-state index contributed by atoms with van der Waals surface area (Å²) < 4.78 is 4.71. The van der Waals surface area contributed by atoms with Gasteiger partial charge in [-0.1, -0.05) is 0 Å². The summed E-state index contributed by atoms with van der Waals surface area (Å²) in [5.74, 6) is 0.981. The van der Waals surface area contributed by atoms with Gasteiger partial charge in [0.1, 0.15) is 11.5 Å².